The van der Waals surface area contributed by atoms with Gasteiger partial charge in [0.15, 0.2) is 0 Å². The zero-order valence-corrected chi connectivity index (χ0v) is 13.9. The molecule has 0 bridgehead atoms. The van der Waals surface area contributed by atoms with Gasteiger partial charge in [-0.25, -0.2) is 0 Å². The van der Waals surface area contributed by atoms with Gasteiger partial charge in [0.05, 0.1) is 23.5 Å². The molecule has 1 aliphatic heterocycles. The number of para-hydroxylation sites is 2. The maximum Gasteiger partial charge on any atom is 0.258 e. The van der Waals surface area contributed by atoms with Gasteiger partial charge in [0.2, 0.25) is 0 Å². The smallest absolute Gasteiger partial charge is 0.258 e. The lowest BCUT2D eigenvalue weighted by Crippen LogP contribution is -2.36. The van der Waals surface area contributed by atoms with Crippen molar-refractivity contribution in [2.24, 2.45) is 5.73 Å². The summed E-state index contributed by atoms with van der Waals surface area (Å²) in [5.74, 6) is 0.397. The molecule has 2 heterocycles. The number of piperidine rings is 1. The molecule has 0 spiro atoms. The number of likely N-dealkylation sites (tertiary alicyclic amines) is 1. The standard InChI is InChI=1S/C18H24N4O2/c1-22-8-6-14(7-9-22)20-16-4-2-3-5-17(16)21-18(23)13-10-15(11-19)24-12-13/h2-5,10,12,14,20H,6-9,11,19H2,1H3,(H,21,23). The SMILES string of the molecule is CN1CCC(Nc2ccccc2NC(=O)c2coc(CN)c2)CC1. The molecule has 6 heteroatoms. The summed E-state index contributed by atoms with van der Waals surface area (Å²) >= 11 is 0. The van der Waals surface area contributed by atoms with Crippen LogP contribution in [0.2, 0.25) is 0 Å². The van der Waals surface area contributed by atoms with Gasteiger partial charge in [0, 0.05) is 6.04 Å². The molecule has 2 aromatic rings. The minimum absolute atomic E-state index is 0.198. The number of carbonyl (C=O) groups is 1. The van der Waals surface area contributed by atoms with Crippen LogP contribution in [0.1, 0.15) is 29.0 Å². The van der Waals surface area contributed by atoms with Crippen LogP contribution in [0.5, 0.6) is 0 Å². The number of amides is 1. The van der Waals surface area contributed by atoms with Crippen LogP contribution in [0.3, 0.4) is 0 Å². The second-order valence-electron chi connectivity index (χ2n) is 6.23. The van der Waals surface area contributed by atoms with Gasteiger partial charge < -0.3 is 25.7 Å². The number of nitrogens with one attached hydrogen (secondary N) is 2. The first-order valence-corrected chi connectivity index (χ1v) is 8.28. The Morgan fingerprint density at radius 3 is 2.67 bits per heavy atom. The fraction of sp³-hybridized carbons (Fsp3) is 0.389. The predicted molar refractivity (Wildman–Crippen MR) is 95.1 cm³/mol. The van der Waals surface area contributed by atoms with E-state index in [-0.39, 0.29) is 12.5 Å². The van der Waals surface area contributed by atoms with Crippen LogP contribution in [-0.2, 0) is 6.54 Å². The van der Waals surface area contributed by atoms with Crippen molar-refractivity contribution in [3.05, 3.63) is 47.9 Å². The maximum absolute atomic E-state index is 12.4. The van der Waals surface area contributed by atoms with E-state index in [1.54, 1.807) is 6.07 Å². The summed E-state index contributed by atoms with van der Waals surface area (Å²) in [5.41, 5.74) is 7.71. The monoisotopic (exact) mass is 328 g/mol. The molecule has 1 aliphatic rings. The Labute approximate surface area is 142 Å². The van der Waals surface area contributed by atoms with E-state index in [0.29, 0.717) is 17.4 Å². The quantitative estimate of drug-likeness (QED) is 0.785. The number of furan rings is 1. The summed E-state index contributed by atoms with van der Waals surface area (Å²) in [5, 5.41) is 6.51. The topological polar surface area (TPSA) is 83.5 Å². The molecule has 0 aliphatic carbocycles. The van der Waals surface area contributed by atoms with Crippen molar-refractivity contribution in [1.29, 1.82) is 0 Å². The molecule has 0 unspecified atom stereocenters. The van der Waals surface area contributed by atoms with Gasteiger partial charge in [0.25, 0.3) is 5.91 Å². The molecule has 1 saturated heterocycles. The van der Waals surface area contributed by atoms with E-state index in [9.17, 15) is 4.79 Å². The molecule has 6 nitrogen and oxygen atoms in total. The normalized spacial score (nSPS) is 16.1. The number of rotatable bonds is 5. The molecule has 128 valence electrons. The zero-order chi connectivity index (χ0) is 16.9. The Morgan fingerprint density at radius 1 is 1.29 bits per heavy atom. The first-order valence-electron chi connectivity index (χ1n) is 8.28. The molecule has 1 aromatic heterocycles. The maximum atomic E-state index is 12.4. The number of hydrogen-bond acceptors (Lipinski definition) is 5. The molecule has 0 saturated carbocycles. The number of anilines is 2. The van der Waals surface area contributed by atoms with Gasteiger partial charge in [-0.3, -0.25) is 4.79 Å². The summed E-state index contributed by atoms with van der Waals surface area (Å²) < 4.78 is 5.23. The van der Waals surface area contributed by atoms with E-state index in [2.05, 4.69) is 22.6 Å². The number of benzene rings is 1. The molecule has 1 fully saturated rings. The van der Waals surface area contributed by atoms with E-state index >= 15 is 0 Å². The number of carbonyl (C=O) groups excluding carboxylic acids is 1. The van der Waals surface area contributed by atoms with Crippen LogP contribution in [0, 0.1) is 0 Å². The van der Waals surface area contributed by atoms with Crippen molar-refractivity contribution in [1.82, 2.24) is 4.90 Å². The summed E-state index contributed by atoms with van der Waals surface area (Å²) in [6.07, 6.45) is 3.63. The number of hydrogen-bond donors (Lipinski definition) is 3. The van der Waals surface area contributed by atoms with E-state index < -0.39 is 0 Å². The van der Waals surface area contributed by atoms with Crippen LogP contribution < -0.4 is 16.4 Å². The lowest BCUT2D eigenvalue weighted by atomic mass is 10.0. The fourth-order valence-corrected chi connectivity index (χ4v) is 2.89. The van der Waals surface area contributed by atoms with Gasteiger partial charge >= 0.3 is 0 Å². The van der Waals surface area contributed by atoms with Crippen LogP contribution in [0.4, 0.5) is 11.4 Å². The van der Waals surface area contributed by atoms with Crippen molar-refractivity contribution >= 4 is 17.3 Å². The molecule has 1 amide bonds. The third kappa shape index (κ3) is 3.96. The molecule has 3 rings (SSSR count). The van der Waals surface area contributed by atoms with E-state index in [0.717, 1.165) is 37.3 Å². The Hall–Kier alpha value is -2.31. The van der Waals surface area contributed by atoms with E-state index in [1.165, 1.54) is 6.26 Å². The lowest BCUT2D eigenvalue weighted by molar-refractivity contribution is 0.102. The van der Waals surface area contributed by atoms with Crippen molar-refractivity contribution in [2.45, 2.75) is 25.4 Å². The summed E-state index contributed by atoms with van der Waals surface area (Å²) in [6, 6.07) is 9.88. The van der Waals surface area contributed by atoms with Crippen molar-refractivity contribution in [3.63, 3.8) is 0 Å². The Bertz CT molecular complexity index is 690. The Kier molecular flexibility index (Phi) is 5.17. The van der Waals surface area contributed by atoms with Gasteiger partial charge in [-0.1, -0.05) is 12.1 Å². The Balaban J connectivity index is 1.68. The summed E-state index contributed by atoms with van der Waals surface area (Å²) in [7, 11) is 2.14. The number of nitrogens with zero attached hydrogens (tertiary/aromatic N) is 1. The van der Waals surface area contributed by atoms with Crippen LogP contribution in [0.15, 0.2) is 41.0 Å². The second kappa shape index (κ2) is 7.51. The van der Waals surface area contributed by atoms with E-state index in [4.69, 9.17) is 10.2 Å². The zero-order valence-electron chi connectivity index (χ0n) is 13.9. The molecule has 24 heavy (non-hydrogen) atoms. The minimum Gasteiger partial charge on any atom is -0.467 e. The fourth-order valence-electron chi connectivity index (χ4n) is 2.89. The predicted octanol–water partition coefficient (Wildman–Crippen LogP) is 2.50. The highest BCUT2D eigenvalue weighted by molar-refractivity contribution is 6.05. The molecular formula is C18H24N4O2. The highest BCUT2D eigenvalue weighted by atomic mass is 16.3. The average molecular weight is 328 g/mol. The Morgan fingerprint density at radius 2 is 2.00 bits per heavy atom. The van der Waals surface area contributed by atoms with Gasteiger partial charge in [-0.05, 0) is 51.2 Å². The van der Waals surface area contributed by atoms with Gasteiger partial charge in [0.1, 0.15) is 12.0 Å². The third-order valence-corrected chi connectivity index (χ3v) is 4.37. The third-order valence-electron chi connectivity index (χ3n) is 4.37. The number of nitrogens with two attached hydrogens (primary N) is 1. The summed E-state index contributed by atoms with van der Waals surface area (Å²) in [6.45, 7) is 2.45. The van der Waals surface area contributed by atoms with Gasteiger partial charge in [-0.2, -0.15) is 0 Å². The highest BCUT2D eigenvalue weighted by Gasteiger charge is 2.18. The van der Waals surface area contributed by atoms with Crippen molar-refractivity contribution in [2.75, 3.05) is 30.8 Å². The largest absolute Gasteiger partial charge is 0.467 e. The highest BCUT2D eigenvalue weighted by Crippen LogP contribution is 2.25. The van der Waals surface area contributed by atoms with Crippen molar-refractivity contribution < 1.29 is 9.21 Å². The van der Waals surface area contributed by atoms with Crippen LogP contribution in [-0.4, -0.2) is 37.0 Å². The molecule has 0 radical (unpaired) electrons. The van der Waals surface area contributed by atoms with Crippen LogP contribution in [0.25, 0.3) is 0 Å². The molecular weight excluding hydrogens is 304 g/mol. The molecule has 0 atom stereocenters. The van der Waals surface area contributed by atoms with E-state index in [1.807, 2.05) is 24.3 Å². The molecule has 4 N–H and O–H groups in total. The first-order chi connectivity index (χ1) is 11.7. The van der Waals surface area contributed by atoms with Crippen molar-refractivity contribution in [3.8, 4) is 0 Å². The first kappa shape index (κ1) is 16.5. The second-order valence-corrected chi connectivity index (χ2v) is 6.23. The lowest BCUT2D eigenvalue weighted by Gasteiger charge is -2.30. The summed E-state index contributed by atoms with van der Waals surface area (Å²) in [4.78, 5) is 14.7. The van der Waals surface area contributed by atoms with Crippen LogP contribution >= 0.6 is 0 Å². The van der Waals surface area contributed by atoms with Gasteiger partial charge in [-0.15, -0.1) is 0 Å². The molecule has 1 aromatic carbocycles. The average Bonchev–Trinajstić information content (AvgIpc) is 3.08. The minimum atomic E-state index is -0.198.